The quantitative estimate of drug-likeness (QED) is 0.179. The zero-order valence-electron chi connectivity index (χ0n) is 16.4. The Morgan fingerprint density at radius 3 is 2.39 bits per heavy atom. The number of hydrogen-bond donors (Lipinski definition) is 3. The zero-order chi connectivity index (χ0) is 20.9. The molecule has 21 heteroatoms. The standard InChI is InChI=1S/C10H14ClN5O10P2.3Na/c11-10-14-7(12)4-8(15-10)16(2-13-4)9-6(18)5(17)3(25-9)1-24-28(22,23)26-27(19,20)21;;;/h2-3,5-6,9,17-18H,1H2,(H,22,23)(H2,12,14,15)(H2,19,20,21);;;/q;3*+1/p-3/t3-,5-,6-,9-;;;/m1.../s1. The predicted octanol–water partition coefficient (Wildman–Crippen LogP) is -12.0. The molecule has 15 nitrogen and oxygen atoms in total. The molecule has 3 heterocycles. The van der Waals surface area contributed by atoms with Gasteiger partial charge in [0.05, 0.1) is 20.8 Å². The van der Waals surface area contributed by atoms with Crippen LogP contribution in [0, 0.1) is 0 Å². The summed E-state index contributed by atoms with van der Waals surface area (Å²) < 4.78 is 35.7. The van der Waals surface area contributed by atoms with E-state index in [1.54, 1.807) is 0 Å². The number of halogens is 1. The van der Waals surface area contributed by atoms with Crippen LogP contribution in [0.4, 0.5) is 5.82 Å². The van der Waals surface area contributed by atoms with Crippen LogP contribution in [-0.2, 0) is 22.7 Å². The SMILES string of the molecule is Nc1nc(Cl)nc2c1ncn2[C@@H]1O[C@H](COP(=O)([O-])OP(=O)([O-])[O-])[C@@H](O)[C@H]1O.[Na+].[Na+].[Na+]. The van der Waals surface area contributed by atoms with Crippen LogP contribution in [0.5, 0.6) is 0 Å². The van der Waals surface area contributed by atoms with Crippen molar-refractivity contribution >= 4 is 44.2 Å². The smallest absolute Gasteiger partial charge is 0.790 e. The Labute approximate surface area is 245 Å². The Balaban J connectivity index is 0.00000300. The third-order valence-electron chi connectivity index (χ3n) is 3.63. The van der Waals surface area contributed by atoms with Crippen molar-refractivity contribution < 1.29 is 136 Å². The molecule has 0 bridgehead atoms. The van der Waals surface area contributed by atoms with Crippen molar-refractivity contribution in [2.45, 2.75) is 24.5 Å². The van der Waals surface area contributed by atoms with Gasteiger partial charge in [-0.05, 0) is 11.6 Å². The summed E-state index contributed by atoms with van der Waals surface area (Å²) in [4.78, 5) is 43.6. The van der Waals surface area contributed by atoms with Crippen LogP contribution < -0.4 is 109 Å². The number of hydrogen-bond acceptors (Lipinski definition) is 14. The fraction of sp³-hybridized carbons (Fsp3) is 0.500. The number of aliphatic hydroxyl groups excluding tert-OH is 2. The fourth-order valence-corrected chi connectivity index (χ4v) is 4.17. The molecule has 1 aliphatic rings. The van der Waals surface area contributed by atoms with Crippen molar-refractivity contribution in [3.05, 3.63) is 11.6 Å². The summed E-state index contributed by atoms with van der Waals surface area (Å²) in [5.74, 6) is -0.0502. The normalized spacial score (nSPS) is 25.2. The molecular weight excluding hydrogens is 517 g/mol. The molecule has 0 radical (unpaired) electrons. The minimum absolute atomic E-state index is 0. The van der Waals surface area contributed by atoms with Crippen LogP contribution in [0.25, 0.3) is 11.2 Å². The van der Waals surface area contributed by atoms with E-state index in [1.165, 1.54) is 10.9 Å². The maximum atomic E-state index is 11.3. The molecular formula is C10H11ClN5Na3O10P2. The number of aromatic nitrogens is 4. The fourth-order valence-electron chi connectivity index (χ4n) is 2.50. The van der Waals surface area contributed by atoms with E-state index in [0.29, 0.717) is 0 Å². The monoisotopic (exact) mass is 527 g/mol. The van der Waals surface area contributed by atoms with Gasteiger partial charge < -0.3 is 44.5 Å². The molecule has 5 atom stereocenters. The van der Waals surface area contributed by atoms with Gasteiger partial charge in [0.25, 0.3) is 7.82 Å². The van der Waals surface area contributed by atoms with Gasteiger partial charge >= 0.3 is 88.7 Å². The van der Waals surface area contributed by atoms with E-state index in [0.717, 1.165) is 0 Å². The second-order valence-electron chi connectivity index (χ2n) is 5.52. The molecule has 156 valence electrons. The van der Waals surface area contributed by atoms with E-state index < -0.39 is 46.8 Å². The zero-order valence-corrected chi connectivity index (χ0v) is 24.9. The average Bonchev–Trinajstić information content (AvgIpc) is 3.06. The van der Waals surface area contributed by atoms with Crippen LogP contribution in [0.15, 0.2) is 6.33 Å². The Kier molecular flexibility index (Phi) is 13.4. The summed E-state index contributed by atoms with van der Waals surface area (Å²) in [6, 6.07) is 0. The molecule has 0 amide bonds. The summed E-state index contributed by atoms with van der Waals surface area (Å²) in [5.41, 5.74) is 5.86. The van der Waals surface area contributed by atoms with Gasteiger partial charge in [0.1, 0.15) is 23.8 Å². The van der Waals surface area contributed by atoms with Crippen molar-refractivity contribution in [1.82, 2.24) is 19.5 Å². The molecule has 1 fully saturated rings. The number of fused-ring (bicyclic) bond motifs is 1. The first-order chi connectivity index (χ1) is 12.9. The molecule has 1 unspecified atom stereocenters. The summed E-state index contributed by atoms with van der Waals surface area (Å²) in [6.45, 7) is -0.958. The summed E-state index contributed by atoms with van der Waals surface area (Å²) in [7, 11) is -11.4. The van der Waals surface area contributed by atoms with Crippen molar-refractivity contribution in [1.29, 1.82) is 0 Å². The second-order valence-corrected chi connectivity index (χ2v) is 8.56. The van der Waals surface area contributed by atoms with Gasteiger partial charge in [0.2, 0.25) is 5.28 Å². The molecule has 0 spiro atoms. The molecule has 0 aliphatic carbocycles. The molecule has 2 aromatic heterocycles. The first kappa shape index (κ1) is 32.8. The Bertz CT molecular complexity index is 997. The summed E-state index contributed by atoms with van der Waals surface area (Å²) in [5, 5.41) is 20.0. The molecule has 2 aromatic rings. The Morgan fingerprint density at radius 2 is 1.81 bits per heavy atom. The Morgan fingerprint density at radius 1 is 1.19 bits per heavy atom. The molecule has 1 saturated heterocycles. The first-order valence-electron chi connectivity index (χ1n) is 7.24. The molecule has 0 saturated carbocycles. The minimum Gasteiger partial charge on any atom is -0.790 e. The first-order valence-corrected chi connectivity index (χ1v) is 10.5. The van der Waals surface area contributed by atoms with E-state index in [9.17, 15) is 34.0 Å². The van der Waals surface area contributed by atoms with Crippen molar-refractivity contribution in [3.63, 3.8) is 0 Å². The van der Waals surface area contributed by atoms with Gasteiger partial charge in [0, 0.05) is 0 Å². The van der Waals surface area contributed by atoms with E-state index in [-0.39, 0.29) is 111 Å². The van der Waals surface area contributed by atoms with Crippen molar-refractivity contribution in [3.8, 4) is 0 Å². The number of phosphoric ester groups is 1. The van der Waals surface area contributed by atoms with Crippen molar-refractivity contribution in [2.24, 2.45) is 0 Å². The topological polar surface area (TPSA) is 241 Å². The largest absolute Gasteiger partial charge is 1.00 e. The number of rotatable bonds is 6. The van der Waals surface area contributed by atoms with Gasteiger partial charge in [-0.3, -0.25) is 13.4 Å². The van der Waals surface area contributed by atoms with Gasteiger partial charge in [-0.25, -0.2) is 4.98 Å². The molecule has 1 aliphatic heterocycles. The van der Waals surface area contributed by atoms with Crippen LogP contribution in [0.1, 0.15) is 6.23 Å². The number of aliphatic hydroxyl groups is 2. The van der Waals surface area contributed by atoms with E-state index in [2.05, 4.69) is 23.8 Å². The van der Waals surface area contributed by atoms with E-state index >= 15 is 0 Å². The molecule has 3 rings (SSSR count). The van der Waals surface area contributed by atoms with Crippen LogP contribution in [0.3, 0.4) is 0 Å². The van der Waals surface area contributed by atoms with Gasteiger partial charge in [-0.2, -0.15) is 9.97 Å². The van der Waals surface area contributed by atoms with Crippen LogP contribution >= 0.6 is 27.2 Å². The van der Waals surface area contributed by atoms with Crippen LogP contribution in [0.2, 0.25) is 5.28 Å². The second kappa shape index (κ2) is 12.7. The number of nitrogens with two attached hydrogens (primary N) is 1. The number of phosphoric acid groups is 2. The van der Waals surface area contributed by atoms with Gasteiger partial charge in [-0.1, -0.05) is 0 Å². The third-order valence-corrected chi connectivity index (χ3v) is 5.86. The predicted molar refractivity (Wildman–Crippen MR) is 82.9 cm³/mol. The number of anilines is 1. The van der Waals surface area contributed by atoms with Gasteiger partial charge in [0.15, 0.2) is 17.7 Å². The maximum absolute atomic E-state index is 11.3. The number of nitrogen functional groups attached to an aromatic ring is 1. The van der Waals surface area contributed by atoms with Gasteiger partial charge in [-0.15, -0.1) is 0 Å². The Hall–Kier alpha value is 1.78. The number of ether oxygens (including phenoxy) is 1. The average molecular weight is 528 g/mol. The van der Waals surface area contributed by atoms with E-state index in [4.69, 9.17) is 22.1 Å². The number of imidazole rings is 1. The number of nitrogens with zero attached hydrogens (tertiary/aromatic N) is 4. The minimum atomic E-state index is -5.87. The van der Waals surface area contributed by atoms with E-state index in [1.807, 2.05) is 0 Å². The summed E-state index contributed by atoms with van der Waals surface area (Å²) in [6.07, 6.45) is -4.85. The molecule has 4 N–H and O–H groups in total. The molecule has 31 heavy (non-hydrogen) atoms. The maximum Gasteiger partial charge on any atom is 1.00 e. The van der Waals surface area contributed by atoms with Crippen LogP contribution in [-0.4, -0.2) is 54.7 Å². The molecule has 0 aromatic carbocycles. The third kappa shape index (κ3) is 8.16. The van der Waals surface area contributed by atoms with Crippen molar-refractivity contribution in [2.75, 3.05) is 12.3 Å². The summed E-state index contributed by atoms with van der Waals surface area (Å²) >= 11 is 5.74.